The van der Waals surface area contributed by atoms with Gasteiger partial charge in [0.1, 0.15) is 5.82 Å². The van der Waals surface area contributed by atoms with E-state index in [1.165, 1.54) is 6.07 Å². The Balaban J connectivity index is 2.75. The van der Waals surface area contributed by atoms with E-state index in [9.17, 15) is 4.39 Å². The lowest BCUT2D eigenvalue weighted by molar-refractivity contribution is 0.108. The largest absolute Gasteiger partial charge is 0.380 e. The molecule has 2 N–H and O–H groups in total. The van der Waals surface area contributed by atoms with Gasteiger partial charge in [-0.25, -0.2) is 4.39 Å². The fourth-order valence-electron chi connectivity index (χ4n) is 1.82. The van der Waals surface area contributed by atoms with Gasteiger partial charge in [-0.2, -0.15) is 0 Å². The summed E-state index contributed by atoms with van der Waals surface area (Å²) in [4.78, 5) is 2.02. The Morgan fingerprint density at radius 2 is 2.22 bits per heavy atom. The first kappa shape index (κ1) is 15.6. The highest BCUT2D eigenvalue weighted by Gasteiger charge is 2.18. The smallest absolute Gasteiger partial charge is 0.129 e. The molecule has 0 bridgehead atoms. The lowest BCUT2D eigenvalue weighted by Gasteiger charge is -2.27. The molecule has 18 heavy (non-hydrogen) atoms. The van der Waals surface area contributed by atoms with Gasteiger partial charge in [0.15, 0.2) is 0 Å². The summed E-state index contributed by atoms with van der Waals surface area (Å²) < 4.78 is 19.9. The summed E-state index contributed by atoms with van der Waals surface area (Å²) in [5, 5.41) is 0. The topological polar surface area (TPSA) is 38.5 Å². The van der Waals surface area contributed by atoms with Crippen LogP contribution >= 0.6 is 15.9 Å². The number of likely N-dealkylation sites (N-methyl/N-ethyl adjacent to an activating group) is 1. The van der Waals surface area contributed by atoms with Crippen molar-refractivity contribution in [3.63, 3.8) is 0 Å². The number of rotatable bonds is 7. The van der Waals surface area contributed by atoms with Gasteiger partial charge in [0.25, 0.3) is 0 Å². The molecule has 0 heterocycles. The van der Waals surface area contributed by atoms with E-state index >= 15 is 0 Å². The summed E-state index contributed by atoms with van der Waals surface area (Å²) in [6.07, 6.45) is 0. The van der Waals surface area contributed by atoms with Crippen LogP contribution in [0, 0.1) is 5.82 Å². The molecule has 5 heteroatoms. The second-order valence-electron chi connectivity index (χ2n) is 4.09. The Kier molecular flexibility index (Phi) is 6.78. The maximum absolute atomic E-state index is 13.9. The molecule has 102 valence electrons. The van der Waals surface area contributed by atoms with Gasteiger partial charge in [0.05, 0.1) is 6.61 Å². The Morgan fingerprint density at radius 1 is 1.50 bits per heavy atom. The third-order valence-electron chi connectivity index (χ3n) is 2.87. The molecule has 1 rings (SSSR count). The fourth-order valence-corrected chi connectivity index (χ4v) is 2.16. The number of nitrogens with two attached hydrogens (primary N) is 1. The highest BCUT2D eigenvalue weighted by atomic mass is 79.9. The van der Waals surface area contributed by atoms with Gasteiger partial charge < -0.3 is 10.5 Å². The van der Waals surface area contributed by atoms with Crippen LogP contribution in [0.15, 0.2) is 22.7 Å². The van der Waals surface area contributed by atoms with E-state index in [0.717, 1.165) is 11.0 Å². The Bertz CT molecular complexity index is 376. The summed E-state index contributed by atoms with van der Waals surface area (Å²) >= 11 is 3.25. The molecule has 1 unspecified atom stereocenters. The van der Waals surface area contributed by atoms with Crippen molar-refractivity contribution in [1.29, 1.82) is 0 Å². The molecule has 3 nitrogen and oxygen atoms in total. The van der Waals surface area contributed by atoms with Crippen LogP contribution in [0.1, 0.15) is 18.5 Å². The molecule has 0 fully saturated rings. The molecule has 0 amide bonds. The van der Waals surface area contributed by atoms with Gasteiger partial charge in [0.2, 0.25) is 0 Å². The van der Waals surface area contributed by atoms with Gasteiger partial charge in [-0.3, -0.25) is 4.90 Å². The first-order chi connectivity index (χ1) is 8.60. The lowest BCUT2D eigenvalue weighted by Crippen LogP contribution is -2.33. The van der Waals surface area contributed by atoms with Crippen molar-refractivity contribution in [2.24, 2.45) is 5.73 Å². The molecule has 1 aromatic carbocycles. The van der Waals surface area contributed by atoms with Gasteiger partial charge in [0, 0.05) is 35.8 Å². The van der Waals surface area contributed by atoms with E-state index in [4.69, 9.17) is 10.5 Å². The van der Waals surface area contributed by atoms with Crippen LogP contribution in [-0.2, 0) is 4.74 Å². The minimum Gasteiger partial charge on any atom is -0.380 e. The molecule has 0 spiro atoms. The molecule has 0 aliphatic rings. The van der Waals surface area contributed by atoms with Crippen molar-refractivity contribution in [1.82, 2.24) is 4.90 Å². The third-order valence-corrected chi connectivity index (χ3v) is 3.36. The van der Waals surface area contributed by atoms with Crippen LogP contribution in [0.2, 0.25) is 0 Å². The lowest BCUT2D eigenvalue weighted by atomic mass is 10.1. The van der Waals surface area contributed by atoms with Crippen molar-refractivity contribution in [2.45, 2.75) is 13.0 Å². The highest BCUT2D eigenvalue weighted by molar-refractivity contribution is 9.10. The number of halogens is 2. The standard InChI is InChI=1S/C13H20BrFN2O/c1-3-18-7-6-17(2)13(9-16)11-5-4-10(14)8-12(11)15/h4-5,8,13H,3,6-7,9,16H2,1-2H3. The minimum absolute atomic E-state index is 0.126. The average Bonchev–Trinajstić information content (AvgIpc) is 2.33. The van der Waals surface area contributed by atoms with Gasteiger partial charge in [-0.05, 0) is 26.1 Å². The van der Waals surface area contributed by atoms with Crippen LogP contribution < -0.4 is 5.73 Å². The Morgan fingerprint density at radius 3 is 2.78 bits per heavy atom. The van der Waals surface area contributed by atoms with Crippen molar-refractivity contribution in [3.05, 3.63) is 34.1 Å². The second kappa shape index (κ2) is 7.84. The summed E-state index contributed by atoms with van der Waals surface area (Å²) in [6.45, 7) is 4.37. The van der Waals surface area contributed by atoms with Gasteiger partial charge in [-0.1, -0.05) is 22.0 Å². The van der Waals surface area contributed by atoms with Crippen LogP contribution in [0.4, 0.5) is 4.39 Å². The molecule has 0 aromatic heterocycles. The van der Waals surface area contributed by atoms with Crippen LogP contribution in [0.5, 0.6) is 0 Å². The Labute approximate surface area is 116 Å². The van der Waals surface area contributed by atoms with Crippen LogP contribution in [-0.4, -0.2) is 38.3 Å². The van der Waals surface area contributed by atoms with Crippen molar-refractivity contribution in [3.8, 4) is 0 Å². The van der Waals surface area contributed by atoms with Crippen LogP contribution in [0.3, 0.4) is 0 Å². The highest BCUT2D eigenvalue weighted by Crippen LogP contribution is 2.24. The normalized spacial score (nSPS) is 13.0. The molecular weight excluding hydrogens is 299 g/mol. The average molecular weight is 319 g/mol. The zero-order valence-electron chi connectivity index (χ0n) is 10.8. The molecule has 0 radical (unpaired) electrons. The predicted octanol–water partition coefficient (Wildman–Crippen LogP) is 2.56. The SMILES string of the molecule is CCOCCN(C)C(CN)c1ccc(Br)cc1F. The van der Waals surface area contributed by atoms with E-state index < -0.39 is 0 Å². The summed E-state index contributed by atoms with van der Waals surface area (Å²) in [5.74, 6) is -0.233. The van der Waals surface area contributed by atoms with Gasteiger partial charge in [-0.15, -0.1) is 0 Å². The summed E-state index contributed by atoms with van der Waals surface area (Å²) in [5.41, 5.74) is 6.38. The molecule has 1 atom stereocenters. The maximum atomic E-state index is 13.9. The second-order valence-corrected chi connectivity index (χ2v) is 5.01. The zero-order chi connectivity index (χ0) is 13.5. The predicted molar refractivity (Wildman–Crippen MR) is 75.0 cm³/mol. The Hall–Kier alpha value is -0.490. The van der Waals surface area contributed by atoms with Crippen LogP contribution in [0.25, 0.3) is 0 Å². The van der Waals surface area contributed by atoms with E-state index in [2.05, 4.69) is 15.9 Å². The van der Waals surface area contributed by atoms with Crippen molar-refractivity contribution in [2.75, 3.05) is 33.4 Å². The van der Waals surface area contributed by atoms with Crippen molar-refractivity contribution < 1.29 is 9.13 Å². The number of hydrogen-bond acceptors (Lipinski definition) is 3. The molecule has 0 aliphatic carbocycles. The minimum atomic E-state index is -0.233. The third kappa shape index (κ3) is 4.31. The van der Waals surface area contributed by atoms with Crippen molar-refractivity contribution >= 4 is 15.9 Å². The van der Waals surface area contributed by atoms with E-state index in [-0.39, 0.29) is 11.9 Å². The molecule has 0 saturated heterocycles. The quantitative estimate of drug-likeness (QED) is 0.785. The molecular formula is C13H20BrFN2O. The molecule has 1 aromatic rings. The first-order valence-corrected chi connectivity index (χ1v) is 6.82. The number of benzene rings is 1. The molecule has 0 aliphatic heterocycles. The van der Waals surface area contributed by atoms with E-state index in [1.54, 1.807) is 6.07 Å². The molecule has 0 saturated carbocycles. The maximum Gasteiger partial charge on any atom is 0.129 e. The van der Waals surface area contributed by atoms with Gasteiger partial charge >= 0.3 is 0 Å². The summed E-state index contributed by atoms with van der Waals surface area (Å²) in [6, 6.07) is 4.94. The first-order valence-electron chi connectivity index (χ1n) is 6.03. The van der Waals surface area contributed by atoms with E-state index in [0.29, 0.717) is 25.3 Å². The number of nitrogens with zero attached hydrogens (tertiary/aromatic N) is 1. The van der Waals surface area contributed by atoms with E-state index in [1.807, 2.05) is 24.9 Å². The number of ether oxygens (including phenoxy) is 1. The summed E-state index contributed by atoms with van der Waals surface area (Å²) in [7, 11) is 1.93. The monoisotopic (exact) mass is 318 g/mol. The fraction of sp³-hybridized carbons (Fsp3) is 0.538. The number of hydrogen-bond donors (Lipinski definition) is 1. The zero-order valence-corrected chi connectivity index (χ0v) is 12.4.